The van der Waals surface area contributed by atoms with Gasteiger partial charge in [0, 0.05) is 37.9 Å². The number of hydrogen-bond acceptors (Lipinski definition) is 5. The number of nitrogens with zero attached hydrogens (tertiary/aromatic N) is 2. The molecule has 0 saturated carbocycles. The number of amides is 2. The Balaban J connectivity index is 1.95. The van der Waals surface area contributed by atoms with Crippen molar-refractivity contribution in [2.75, 3.05) is 36.4 Å². The first-order chi connectivity index (χ1) is 10.8. The van der Waals surface area contributed by atoms with Crippen LogP contribution in [-0.4, -0.2) is 54.3 Å². The van der Waals surface area contributed by atoms with Gasteiger partial charge in [-0.15, -0.1) is 0 Å². The Labute approximate surface area is 135 Å². The van der Waals surface area contributed by atoms with Crippen molar-refractivity contribution in [3.8, 4) is 5.75 Å². The average Bonchev–Trinajstić information content (AvgIpc) is 2.48. The summed E-state index contributed by atoms with van der Waals surface area (Å²) in [4.78, 5) is 26.2. The molecule has 1 aliphatic heterocycles. The molecule has 0 spiro atoms. The molecule has 0 aromatic heterocycles. The van der Waals surface area contributed by atoms with Crippen molar-refractivity contribution < 1.29 is 19.4 Å². The zero-order valence-electron chi connectivity index (χ0n) is 13.7. The molecular weight excluding hydrogens is 298 g/mol. The lowest BCUT2D eigenvalue weighted by Gasteiger charge is -2.36. The maximum absolute atomic E-state index is 12.0. The summed E-state index contributed by atoms with van der Waals surface area (Å²) in [5, 5.41) is 12.3. The maximum Gasteiger partial charge on any atom is 0.410 e. The molecule has 0 bridgehead atoms. The van der Waals surface area contributed by atoms with Crippen molar-refractivity contribution in [1.82, 2.24) is 4.90 Å². The number of hydrogen-bond donors (Lipinski definition) is 2. The Bertz CT molecular complexity index is 575. The summed E-state index contributed by atoms with van der Waals surface area (Å²) in [6.45, 7) is 7.96. The van der Waals surface area contributed by atoms with Crippen LogP contribution in [0.2, 0.25) is 0 Å². The molecule has 2 N–H and O–H groups in total. The highest BCUT2D eigenvalue weighted by molar-refractivity contribution is 5.77. The van der Waals surface area contributed by atoms with Crippen molar-refractivity contribution in [2.45, 2.75) is 26.4 Å². The molecular formula is C16H23N3O4. The fourth-order valence-electron chi connectivity index (χ4n) is 2.38. The lowest BCUT2D eigenvalue weighted by molar-refractivity contribution is -0.105. The van der Waals surface area contributed by atoms with E-state index < -0.39 is 5.60 Å². The Morgan fingerprint density at radius 2 is 1.91 bits per heavy atom. The van der Waals surface area contributed by atoms with Crippen LogP contribution in [0.1, 0.15) is 20.8 Å². The number of carbonyl (C=O) groups excluding carboxylic acids is 2. The SMILES string of the molecule is CC(C)(C)OC(=O)N1CCN(c2ccc(NC=O)c(O)c2)CC1. The predicted molar refractivity (Wildman–Crippen MR) is 87.8 cm³/mol. The number of nitrogens with one attached hydrogen (secondary N) is 1. The van der Waals surface area contributed by atoms with Crippen LogP contribution in [0.4, 0.5) is 16.2 Å². The van der Waals surface area contributed by atoms with Gasteiger partial charge in [-0.2, -0.15) is 0 Å². The van der Waals surface area contributed by atoms with E-state index in [-0.39, 0.29) is 11.8 Å². The van der Waals surface area contributed by atoms with Gasteiger partial charge in [-0.05, 0) is 32.9 Å². The van der Waals surface area contributed by atoms with Gasteiger partial charge >= 0.3 is 6.09 Å². The van der Waals surface area contributed by atoms with E-state index in [1.807, 2.05) is 26.8 Å². The Kier molecular flexibility index (Phi) is 4.98. The Morgan fingerprint density at radius 3 is 2.43 bits per heavy atom. The summed E-state index contributed by atoms with van der Waals surface area (Å²) in [6, 6.07) is 5.09. The molecule has 126 valence electrons. The first-order valence-electron chi connectivity index (χ1n) is 7.56. The first-order valence-corrected chi connectivity index (χ1v) is 7.56. The minimum atomic E-state index is -0.499. The van der Waals surface area contributed by atoms with Gasteiger partial charge in [-0.3, -0.25) is 4.79 Å². The van der Waals surface area contributed by atoms with Crippen molar-refractivity contribution in [1.29, 1.82) is 0 Å². The van der Waals surface area contributed by atoms with E-state index in [1.54, 1.807) is 17.0 Å². The number of phenolic OH excluding ortho intramolecular Hbond substituents is 1. The second-order valence-electron chi connectivity index (χ2n) is 6.42. The Morgan fingerprint density at radius 1 is 1.26 bits per heavy atom. The number of aromatic hydroxyl groups is 1. The smallest absolute Gasteiger partial charge is 0.410 e. The number of phenols is 1. The summed E-state index contributed by atoms with van der Waals surface area (Å²) in [6.07, 6.45) is 0.222. The lowest BCUT2D eigenvalue weighted by atomic mass is 10.2. The van der Waals surface area contributed by atoms with Gasteiger partial charge in [0.05, 0.1) is 5.69 Å². The third-order valence-electron chi connectivity index (χ3n) is 3.49. The standard InChI is InChI=1S/C16H23N3O4/c1-16(2,3)23-15(22)19-8-6-18(7-9-19)12-4-5-13(17-11-20)14(21)10-12/h4-5,10-11,21H,6-9H2,1-3H3,(H,17,20). The third kappa shape index (κ3) is 4.51. The quantitative estimate of drug-likeness (QED) is 0.657. The van der Waals surface area contributed by atoms with Crippen molar-refractivity contribution in [2.24, 2.45) is 0 Å². The van der Waals surface area contributed by atoms with Crippen LogP contribution in [0.5, 0.6) is 5.75 Å². The third-order valence-corrected chi connectivity index (χ3v) is 3.49. The number of benzene rings is 1. The number of carbonyl (C=O) groups is 2. The van der Waals surface area contributed by atoms with Gasteiger partial charge in [0.25, 0.3) is 0 Å². The maximum atomic E-state index is 12.0. The van der Waals surface area contributed by atoms with Crippen LogP contribution in [0.15, 0.2) is 18.2 Å². The summed E-state index contributed by atoms with van der Waals surface area (Å²) in [5.74, 6) is 0.0178. The number of ether oxygens (including phenoxy) is 1. The molecule has 7 heteroatoms. The summed E-state index contributed by atoms with van der Waals surface area (Å²) < 4.78 is 5.37. The van der Waals surface area contributed by atoms with Gasteiger partial charge < -0.3 is 25.0 Å². The van der Waals surface area contributed by atoms with E-state index in [2.05, 4.69) is 10.2 Å². The van der Waals surface area contributed by atoms with Crippen molar-refractivity contribution >= 4 is 23.9 Å². The molecule has 0 unspecified atom stereocenters. The fourth-order valence-corrected chi connectivity index (χ4v) is 2.38. The summed E-state index contributed by atoms with van der Waals surface area (Å²) in [7, 11) is 0. The lowest BCUT2D eigenvalue weighted by Crippen LogP contribution is -2.50. The number of piperazine rings is 1. The van der Waals surface area contributed by atoms with Crippen LogP contribution >= 0.6 is 0 Å². The van der Waals surface area contributed by atoms with Gasteiger partial charge in [0.15, 0.2) is 0 Å². The van der Waals surface area contributed by atoms with E-state index in [0.717, 1.165) is 5.69 Å². The molecule has 0 aliphatic carbocycles. The molecule has 2 amide bonds. The number of rotatable bonds is 3. The van der Waals surface area contributed by atoms with E-state index in [1.165, 1.54) is 0 Å². The van der Waals surface area contributed by atoms with E-state index in [0.29, 0.717) is 38.3 Å². The molecule has 1 aliphatic rings. The van der Waals surface area contributed by atoms with Crippen molar-refractivity contribution in [3.63, 3.8) is 0 Å². The largest absolute Gasteiger partial charge is 0.506 e. The molecule has 0 radical (unpaired) electrons. The van der Waals surface area contributed by atoms with Crippen LogP contribution in [0, 0.1) is 0 Å². The highest BCUT2D eigenvalue weighted by Crippen LogP contribution is 2.29. The predicted octanol–water partition coefficient (Wildman–Crippen LogP) is 2.02. The van der Waals surface area contributed by atoms with Crippen LogP contribution in [0.25, 0.3) is 0 Å². The monoisotopic (exact) mass is 321 g/mol. The molecule has 0 atom stereocenters. The van der Waals surface area contributed by atoms with Crippen LogP contribution in [0.3, 0.4) is 0 Å². The van der Waals surface area contributed by atoms with E-state index in [4.69, 9.17) is 4.74 Å². The minimum absolute atomic E-state index is 0.0178. The summed E-state index contributed by atoms with van der Waals surface area (Å²) in [5.41, 5.74) is 0.723. The first kappa shape index (κ1) is 16.9. The highest BCUT2D eigenvalue weighted by Gasteiger charge is 2.26. The molecule has 23 heavy (non-hydrogen) atoms. The van der Waals surface area contributed by atoms with Crippen LogP contribution < -0.4 is 10.2 Å². The van der Waals surface area contributed by atoms with Gasteiger partial charge in [0.2, 0.25) is 6.41 Å². The van der Waals surface area contributed by atoms with Gasteiger partial charge in [-0.25, -0.2) is 4.79 Å². The summed E-state index contributed by atoms with van der Waals surface area (Å²) >= 11 is 0. The second-order valence-corrected chi connectivity index (χ2v) is 6.42. The minimum Gasteiger partial charge on any atom is -0.506 e. The Hall–Kier alpha value is -2.44. The molecule has 1 saturated heterocycles. The molecule has 1 heterocycles. The van der Waals surface area contributed by atoms with Crippen molar-refractivity contribution in [3.05, 3.63) is 18.2 Å². The normalized spacial score (nSPS) is 15.3. The molecule has 7 nitrogen and oxygen atoms in total. The second kappa shape index (κ2) is 6.76. The highest BCUT2D eigenvalue weighted by atomic mass is 16.6. The van der Waals surface area contributed by atoms with E-state index >= 15 is 0 Å². The zero-order chi connectivity index (χ0) is 17.0. The average molecular weight is 321 g/mol. The molecule has 1 aromatic carbocycles. The molecule has 1 aromatic rings. The fraction of sp³-hybridized carbons (Fsp3) is 0.500. The molecule has 1 fully saturated rings. The van der Waals surface area contributed by atoms with Gasteiger partial charge in [-0.1, -0.05) is 0 Å². The molecule has 2 rings (SSSR count). The van der Waals surface area contributed by atoms with E-state index in [9.17, 15) is 14.7 Å². The number of anilines is 2. The van der Waals surface area contributed by atoms with Gasteiger partial charge in [0.1, 0.15) is 11.4 Å². The van der Waals surface area contributed by atoms with Crippen LogP contribution in [-0.2, 0) is 9.53 Å². The topological polar surface area (TPSA) is 82.1 Å². The zero-order valence-corrected chi connectivity index (χ0v) is 13.7.